The van der Waals surface area contributed by atoms with Crippen LogP contribution in [0.4, 0.5) is 5.82 Å². The van der Waals surface area contributed by atoms with Gasteiger partial charge in [-0.15, -0.1) is 0 Å². The van der Waals surface area contributed by atoms with Crippen LogP contribution in [0.3, 0.4) is 0 Å². The number of rotatable bonds is 5. The molecule has 5 nitrogen and oxygen atoms in total. The van der Waals surface area contributed by atoms with Crippen molar-refractivity contribution < 1.29 is 14.3 Å². The Balaban J connectivity index is 1.35. The maximum Gasteiger partial charge on any atom is 0.229 e. The van der Waals surface area contributed by atoms with Gasteiger partial charge in [-0.25, -0.2) is 4.98 Å². The van der Waals surface area contributed by atoms with Crippen LogP contribution in [0, 0.1) is 17.3 Å². The summed E-state index contributed by atoms with van der Waals surface area (Å²) in [7, 11) is 0. The van der Waals surface area contributed by atoms with Gasteiger partial charge in [-0.3, -0.25) is 4.79 Å². The minimum atomic E-state index is 0.0862. The van der Waals surface area contributed by atoms with Crippen molar-refractivity contribution in [1.29, 1.82) is 0 Å². The van der Waals surface area contributed by atoms with Gasteiger partial charge in [0.2, 0.25) is 5.91 Å². The van der Waals surface area contributed by atoms with Crippen LogP contribution < -0.4 is 10.1 Å². The Morgan fingerprint density at radius 3 is 2.88 bits per heavy atom. The SMILES string of the molecule is O=C(Nc1ncccc1OCC1CCCCC1)C1CC12CCOCC2. The average molecular weight is 344 g/mol. The van der Waals surface area contributed by atoms with Gasteiger partial charge in [0.15, 0.2) is 11.6 Å². The van der Waals surface area contributed by atoms with E-state index in [1.807, 2.05) is 12.1 Å². The molecule has 2 heterocycles. The second kappa shape index (κ2) is 7.32. The van der Waals surface area contributed by atoms with Crippen molar-refractivity contribution in [3.63, 3.8) is 0 Å². The summed E-state index contributed by atoms with van der Waals surface area (Å²) in [6, 6.07) is 3.77. The van der Waals surface area contributed by atoms with Crippen molar-refractivity contribution in [1.82, 2.24) is 4.98 Å². The van der Waals surface area contributed by atoms with E-state index in [0.29, 0.717) is 17.5 Å². The number of anilines is 1. The van der Waals surface area contributed by atoms with Gasteiger partial charge in [0.1, 0.15) is 0 Å². The third kappa shape index (κ3) is 3.81. The Bertz CT molecular complexity index is 607. The maximum atomic E-state index is 12.7. The van der Waals surface area contributed by atoms with Gasteiger partial charge >= 0.3 is 0 Å². The van der Waals surface area contributed by atoms with Gasteiger partial charge in [0.05, 0.1) is 6.61 Å². The largest absolute Gasteiger partial charge is 0.489 e. The highest BCUT2D eigenvalue weighted by atomic mass is 16.5. The Labute approximate surface area is 149 Å². The average Bonchev–Trinajstić information content (AvgIpc) is 3.35. The molecule has 1 atom stereocenters. The summed E-state index contributed by atoms with van der Waals surface area (Å²) in [4.78, 5) is 17.0. The van der Waals surface area contributed by atoms with Crippen molar-refractivity contribution in [3.8, 4) is 5.75 Å². The molecule has 1 spiro atoms. The normalized spacial score (nSPS) is 25.5. The van der Waals surface area contributed by atoms with Gasteiger partial charge in [-0.1, -0.05) is 19.3 Å². The number of hydrogen-bond acceptors (Lipinski definition) is 4. The number of aromatic nitrogens is 1. The molecule has 3 fully saturated rings. The van der Waals surface area contributed by atoms with Gasteiger partial charge < -0.3 is 14.8 Å². The molecule has 1 aromatic heterocycles. The van der Waals surface area contributed by atoms with Crippen molar-refractivity contribution in [2.75, 3.05) is 25.1 Å². The number of nitrogens with one attached hydrogen (secondary N) is 1. The van der Waals surface area contributed by atoms with Crippen LogP contribution in [-0.2, 0) is 9.53 Å². The summed E-state index contributed by atoms with van der Waals surface area (Å²) in [6.45, 7) is 2.28. The third-order valence-corrected chi connectivity index (χ3v) is 6.21. The van der Waals surface area contributed by atoms with Crippen LogP contribution in [-0.4, -0.2) is 30.7 Å². The number of nitrogens with zero attached hydrogens (tertiary/aromatic N) is 1. The topological polar surface area (TPSA) is 60.5 Å². The van der Waals surface area contributed by atoms with Crippen LogP contribution >= 0.6 is 0 Å². The smallest absolute Gasteiger partial charge is 0.229 e. The first kappa shape index (κ1) is 16.8. The predicted molar refractivity (Wildman–Crippen MR) is 95.5 cm³/mol. The quantitative estimate of drug-likeness (QED) is 0.883. The summed E-state index contributed by atoms with van der Waals surface area (Å²) >= 11 is 0. The number of pyridine rings is 1. The summed E-state index contributed by atoms with van der Waals surface area (Å²) in [5, 5.41) is 3.02. The van der Waals surface area contributed by atoms with E-state index in [1.54, 1.807) is 6.20 Å². The van der Waals surface area contributed by atoms with Crippen molar-refractivity contribution >= 4 is 11.7 Å². The molecule has 0 aromatic carbocycles. The lowest BCUT2D eigenvalue weighted by atomic mass is 9.90. The van der Waals surface area contributed by atoms with Gasteiger partial charge in [0, 0.05) is 25.3 Å². The fraction of sp³-hybridized carbons (Fsp3) is 0.700. The summed E-state index contributed by atoms with van der Waals surface area (Å²) < 4.78 is 11.5. The number of hydrogen-bond donors (Lipinski definition) is 1. The lowest BCUT2D eigenvalue weighted by Crippen LogP contribution is -2.24. The first-order valence-corrected chi connectivity index (χ1v) is 9.73. The monoisotopic (exact) mass is 344 g/mol. The molecule has 136 valence electrons. The van der Waals surface area contributed by atoms with Crippen molar-refractivity contribution in [3.05, 3.63) is 18.3 Å². The molecule has 25 heavy (non-hydrogen) atoms. The van der Waals surface area contributed by atoms with E-state index in [4.69, 9.17) is 9.47 Å². The molecule has 0 radical (unpaired) electrons. The fourth-order valence-electron chi connectivity index (χ4n) is 4.42. The van der Waals surface area contributed by atoms with Crippen LogP contribution in [0.1, 0.15) is 51.4 Å². The molecule has 1 amide bonds. The van der Waals surface area contributed by atoms with Crippen LogP contribution in [0.15, 0.2) is 18.3 Å². The molecule has 0 bridgehead atoms. The highest BCUT2D eigenvalue weighted by molar-refractivity contribution is 5.95. The predicted octanol–water partition coefficient (Wildman–Crippen LogP) is 3.80. The zero-order chi connectivity index (χ0) is 17.1. The van der Waals surface area contributed by atoms with E-state index < -0.39 is 0 Å². The number of amides is 1. The molecular formula is C20H28N2O3. The number of ether oxygens (including phenoxy) is 2. The minimum Gasteiger partial charge on any atom is -0.489 e. The minimum absolute atomic E-state index is 0.0862. The van der Waals surface area contributed by atoms with Crippen molar-refractivity contribution in [2.24, 2.45) is 17.3 Å². The molecule has 1 N–H and O–H groups in total. The molecule has 1 unspecified atom stereocenters. The lowest BCUT2D eigenvalue weighted by Gasteiger charge is -2.23. The second-order valence-electron chi connectivity index (χ2n) is 7.89. The number of carbonyl (C=O) groups is 1. The second-order valence-corrected chi connectivity index (χ2v) is 7.89. The van der Waals surface area contributed by atoms with Crippen LogP contribution in [0.5, 0.6) is 5.75 Å². The molecular weight excluding hydrogens is 316 g/mol. The zero-order valence-corrected chi connectivity index (χ0v) is 14.8. The Hall–Kier alpha value is -1.62. The zero-order valence-electron chi connectivity index (χ0n) is 14.8. The molecule has 2 aliphatic carbocycles. The molecule has 3 aliphatic rings. The summed E-state index contributed by atoms with van der Waals surface area (Å²) in [6.07, 6.45) is 11.1. The summed E-state index contributed by atoms with van der Waals surface area (Å²) in [5.74, 6) is 2.08. The Kier molecular flexibility index (Phi) is 4.93. The molecule has 1 saturated heterocycles. The van der Waals surface area contributed by atoms with E-state index >= 15 is 0 Å². The first-order valence-electron chi connectivity index (χ1n) is 9.73. The highest BCUT2D eigenvalue weighted by Gasteiger charge is 2.58. The lowest BCUT2D eigenvalue weighted by molar-refractivity contribution is -0.118. The highest BCUT2D eigenvalue weighted by Crippen LogP contribution is 2.59. The first-order chi connectivity index (χ1) is 12.3. The Morgan fingerprint density at radius 2 is 2.08 bits per heavy atom. The molecule has 4 rings (SSSR count). The fourth-order valence-corrected chi connectivity index (χ4v) is 4.42. The third-order valence-electron chi connectivity index (χ3n) is 6.21. The van der Waals surface area contributed by atoms with Gasteiger partial charge in [0.25, 0.3) is 0 Å². The summed E-state index contributed by atoms with van der Waals surface area (Å²) in [5.41, 5.74) is 0.181. The standard InChI is InChI=1S/C20H28N2O3/c23-19(16-13-20(16)8-11-24-12-9-20)22-18-17(7-4-10-21-18)25-14-15-5-2-1-3-6-15/h4,7,10,15-16H,1-3,5-6,8-9,11-14H2,(H,21,22,23). The van der Waals surface area contributed by atoms with Crippen LogP contribution in [0.2, 0.25) is 0 Å². The van der Waals surface area contributed by atoms with Crippen LogP contribution in [0.25, 0.3) is 0 Å². The van der Waals surface area contributed by atoms with E-state index in [1.165, 1.54) is 32.1 Å². The number of carbonyl (C=O) groups excluding carboxylic acids is 1. The van der Waals surface area contributed by atoms with E-state index in [2.05, 4.69) is 10.3 Å². The van der Waals surface area contributed by atoms with Gasteiger partial charge in [-0.05, 0) is 55.6 Å². The van der Waals surface area contributed by atoms with E-state index in [-0.39, 0.29) is 17.2 Å². The van der Waals surface area contributed by atoms with E-state index in [0.717, 1.165) is 39.1 Å². The Morgan fingerprint density at radius 1 is 1.28 bits per heavy atom. The molecule has 1 aromatic rings. The maximum absolute atomic E-state index is 12.7. The van der Waals surface area contributed by atoms with Gasteiger partial charge in [-0.2, -0.15) is 0 Å². The molecule has 1 aliphatic heterocycles. The molecule has 2 saturated carbocycles. The molecule has 5 heteroatoms. The van der Waals surface area contributed by atoms with E-state index in [9.17, 15) is 4.79 Å². The van der Waals surface area contributed by atoms with Crippen molar-refractivity contribution in [2.45, 2.75) is 51.4 Å².